The summed E-state index contributed by atoms with van der Waals surface area (Å²) in [5.41, 5.74) is 1.39. The number of nitrogens with one attached hydrogen (secondary N) is 1. The van der Waals surface area contributed by atoms with Gasteiger partial charge in [0.2, 0.25) is 0 Å². The number of hydrogen-bond acceptors (Lipinski definition) is 3. The van der Waals surface area contributed by atoms with Gasteiger partial charge in [0.25, 0.3) is 0 Å². The van der Waals surface area contributed by atoms with Crippen LogP contribution in [0.2, 0.25) is 0 Å². The van der Waals surface area contributed by atoms with Gasteiger partial charge in [-0.05, 0) is 24.6 Å². The molecule has 100 valence electrons. The minimum absolute atomic E-state index is 0.0729. The molecule has 0 aromatic heterocycles. The molecule has 0 aliphatic heterocycles. The van der Waals surface area contributed by atoms with E-state index in [0.717, 1.165) is 9.87 Å². The molecule has 1 aromatic rings. The van der Waals surface area contributed by atoms with Crippen LogP contribution in [0.4, 0.5) is 5.69 Å². The van der Waals surface area contributed by atoms with Crippen LogP contribution in [0.1, 0.15) is 12.0 Å². The highest BCUT2D eigenvalue weighted by molar-refractivity contribution is 7.90. The van der Waals surface area contributed by atoms with Crippen molar-refractivity contribution in [1.29, 1.82) is 0 Å². The van der Waals surface area contributed by atoms with Crippen molar-refractivity contribution >= 4 is 21.9 Å². The first kappa shape index (κ1) is 14.5. The molecular weight excluding hydrogens is 256 g/mol. The average Bonchev–Trinajstić information content (AvgIpc) is 2.25. The topological polar surface area (TPSA) is 86.7 Å². The van der Waals surface area contributed by atoms with Crippen LogP contribution in [0.25, 0.3) is 0 Å². The van der Waals surface area contributed by atoms with E-state index < -0.39 is 16.2 Å². The van der Waals surface area contributed by atoms with Crippen LogP contribution in [-0.2, 0) is 15.0 Å². The summed E-state index contributed by atoms with van der Waals surface area (Å²) in [5, 5.41) is 8.51. The second-order valence-corrected chi connectivity index (χ2v) is 5.72. The van der Waals surface area contributed by atoms with Crippen LogP contribution in [0.5, 0.6) is 0 Å². The largest absolute Gasteiger partial charge is 0.481 e. The first-order valence-corrected chi connectivity index (χ1v) is 6.78. The summed E-state index contributed by atoms with van der Waals surface area (Å²) in [6.07, 6.45) is -0.231. The quantitative estimate of drug-likeness (QED) is 0.810. The van der Waals surface area contributed by atoms with Gasteiger partial charge in [0.1, 0.15) is 0 Å². The fourth-order valence-electron chi connectivity index (χ4n) is 1.31. The molecule has 0 fully saturated rings. The van der Waals surface area contributed by atoms with E-state index in [1.165, 1.54) is 7.05 Å². The summed E-state index contributed by atoms with van der Waals surface area (Å²) in [6.45, 7) is 1.78. The molecule has 0 heterocycles. The summed E-state index contributed by atoms with van der Waals surface area (Å²) >= 11 is 0. The smallest absolute Gasteiger partial charge is 0.304 e. The zero-order chi connectivity index (χ0) is 13.8. The van der Waals surface area contributed by atoms with Crippen LogP contribution in [0.3, 0.4) is 0 Å². The van der Waals surface area contributed by atoms with Crippen molar-refractivity contribution < 1.29 is 18.3 Å². The zero-order valence-electron chi connectivity index (χ0n) is 10.3. The number of anilines is 1. The molecule has 0 saturated heterocycles. The maximum atomic E-state index is 11.8. The van der Waals surface area contributed by atoms with Gasteiger partial charge in [-0.2, -0.15) is 12.7 Å². The van der Waals surface area contributed by atoms with Crippen LogP contribution < -0.4 is 4.72 Å². The Morgan fingerprint density at radius 3 is 2.67 bits per heavy atom. The minimum atomic E-state index is -3.71. The Kier molecular flexibility index (Phi) is 4.69. The second kappa shape index (κ2) is 5.83. The average molecular weight is 272 g/mol. The number of nitrogens with zero attached hydrogens (tertiary/aromatic N) is 1. The maximum Gasteiger partial charge on any atom is 0.304 e. The highest BCUT2D eigenvalue weighted by atomic mass is 32.2. The standard InChI is InChI=1S/C11H16N2O4S/c1-9-4-3-5-10(8-9)12-18(16,17)13(2)7-6-11(14)15/h3-5,8,12H,6-7H2,1-2H3,(H,14,15). The van der Waals surface area contributed by atoms with Crippen molar-refractivity contribution in [2.24, 2.45) is 0 Å². The highest BCUT2D eigenvalue weighted by Gasteiger charge is 2.18. The van der Waals surface area contributed by atoms with Gasteiger partial charge in [-0.3, -0.25) is 9.52 Å². The number of aryl methyl sites for hydroxylation is 1. The third-order valence-corrected chi connectivity index (χ3v) is 3.81. The van der Waals surface area contributed by atoms with Crippen LogP contribution in [0.15, 0.2) is 24.3 Å². The molecule has 0 amide bonds. The fraction of sp³-hybridized carbons (Fsp3) is 0.364. The number of hydrogen-bond donors (Lipinski definition) is 2. The molecule has 0 spiro atoms. The molecule has 1 rings (SSSR count). The molecule has 0 radical (unpaired) electrons. The first-order valence-electron chi connectivity index (χ1n) is 5.34. The number of carboxylic acid groups (broad SMARTS) is 1. The van der Waals surface area contributed by atoms with Gasteiger partial charge >= 0.3 is 16.2 Å². The summed E-state index contributed by atoms with van der Waals surface area (Å²) in [7, 11) is -2.37. The molecule has 7 heteroatoms. The molecule has 2 N–H and O–H groups in total. The normalized spacial score (nSPS) is 11.5. The van der Waals surface area contributed by atoms with E-state index in [1.54, 1.807) is 18.2 Å². The summed E-state index contributed by atoms with van der Waals surface area (Å²) in [5.74, 6) is -1.03. The summed E-state index contributed by atoms with van der Waals surface area (Å²) in [6, 6.07) is 6.93. The van der Waals surface area contributed by atoms with Gasteiger partial charge in [-0.25, -0.2) is 0 Å². The Morgan fingerprint density at radius 1 is 1.44 bits per heavy atom. The van der Waals surface area contributed by atoms with Crippen molar-refractivity contribution in [1.82, 2.24) is 4.31 Å². The van der Waals surface area contributed by atoms with Gasteiger partial charge in [0, 0.05) is 13.6 Å². The predicted molar refractivity (Wildman–Crippen MR) is 68.6 cm³/mol. The van der Waals surface area contributed by atoms with E-state index in [-0.39, 0.29) is 13.0 Å². The lowest BCUT2D eigenvalue weighted by atomic mass is 10.2. The minimum Gasteiger partial charge on any atom is -0.481 e. The van der Waals surface area contributed by atoms with Gasteiger partial charge < -0.3 is 5.11 Å². The third kappa shape index (κ3) is 4.34. The molecule has 0 aliphatic carbocycles. The van der Waals surface area contributed by atoms with Crippen molar-refractivity contribution in [3.05, 3.63) is 29.8 Å². The summed E-state index contributed by atoms with van der Waals surface area (Å²) in [4.78, 5) is 10.4. The van der Waals surface area contributed by atoms with E-state index in [0.29, 0.717) is 5.69 Å². The van der Waals surface area contributed by atoms with Gasteiger partial charge in [-0.1, -0.05) is 12.1 Å². The van der Waals surface area contributed by atoms with Gasteiger partial charge in [0.15, 0.2) is 0 Å². The highest BCUT2D eigenvalue weighted by Crippen LogP contribution is 2.12. The molecule has 0 aliphatic rings. The van der Waals surface area contributed by atoms with Crippen molar-refractivity contribution in [2.75, 3.05) is 18.3 Å². The number of carboxylic acids is 1. The molecule has 0 bridgehead atoms. The predicted octanol–water partition coefficient (Wildman–Crippen LogP) is 1.06. The van der Waals surface area contributed by atoms with E-state index in [9.17, 15) is 13.2 Å². The second-order valence-electron chi connectivity index (χ2n) is 3.94. The zero-order valence-corrected chi connectivity index (χ0v) is 11.1. The fourth-order valence-corrected chi connectivity index (χ4v) is 2.22. The monoisotopic (exact) mass is 272 g/mol. The Labute approximate surface area is 106 Å². The lowest BCUT2D eigenvalue weighted by Gasteiger charge is -2.17. The Hall–Kier alpha value is -1.60. The Balaban J connectivity index is 2.72. The lowest BCUT2D eigenvalue weighted by Crippen LogP contribution is -2.34. The van der Waals surface area contributed by atoms with Crippen molar-refractivity contribution in [3.63, 3.8) is 0 Å². The van der Waals surface area contributed by atoms with E-state index >= 15 is 0 Å². The lowest BCUT2D eigenvalue weighted by molar-refractivity contribution is -0.137. The molecule has 0 unspecified atom stereocenters. The van der Waals surface area contributed by atoms with Crippen molar-refractivity contribution in [3.8, 4) is 0 Å². The van der Waals surface area contributed by atoms with Gasteiger partial charge in [-0.15, -0.1) is 0 Å². The SMILES string of the molecule is Cc1cccc(NS(=O)(=O)N(C)CCC(=O)O)c1. The number of benzene rings is 1. The molecular formula is C11H16N2O4S. The number of carbonyl (C=O) groups is 1. The van der Waals surface area contributed by atoms with Crippen LogP contribution in [0, 0.1) is 6.92 Å². The summed E-state index contributed by atoms with van der Waals surface area (Å²) < 4.78 is 27.1. The number of aliphatic carboxylic acids is 1. The molecule has 0 saturated carbocycles. The van der Waals surface area contributed by atoms with E-state index in [1.807, 2.05) is 13.0 Å². The third-order valence-electron chi connectivity index (χ3n) is 2.32. The molecule has 18 heavy (non-hydrogen) atoms. The van der Waals surface area contributed by atoms with Gasteiger partial charge in [0.05, 0.1) is 12.1 Å². The Morgan fingerprint density at radius 2 is 2.11 bits per heavy atom. The van der Waals surface area contributed by atoms with Crippen LogP contribution >= 0.6 is 0 Å². The maximum absolute atomic E-state index is 11.8. The molecule has 0 atom stereocenters. The first-order chi connectivity index (χ1) is 8.31. The van der Waals surface area contributed by atoms with Crippen LogP contribution in [-0.4, -0.2) is 37.4 Å². The molecule has 1 aromatic carbocycles. The Bertz CT molecular complexity index is 528. The van der Waals surface area contributed by atoms with Crippen molar-refractivity contribution in [2.45, 2.75) is 13.3 Å². The van der Waals surface area contributed by atoms with E-state index in [2.05, 4.69) is 4.72 Å². The number of rotatable bonds is 6. The van der Waals surface area contributed by atoms with E-state index in [4.69, 9.17) is 5.11 Å². The molecule has 6 nitrogen and oxygen atoms in total.